The number of hydrogen-bond donors (Lipinski definition) is 2. The number of alkyl halides is 2. The van der Waals surface area contributed by atoms with Crippen LogP contribution in [0.15, 0.2) is 29.2 Å². The van der Waals surface area contributed by atoms with Crippen molar-refractivity contribution in [3.8, 4) is 11.3 Å². The van der Waals surface area contributed by atoms with E-state index in [0.717, 1.165) is 0 Å². The third-order valence-corrected chi connectivity index (χ3v) is 6.88. The van der Waals surface area contributed by atoms with E-state index in [0.29, 0.717) is 28.9 Å². The van der Waals surface area contributed by atoms with Crippen molar-refractivity contribution < 1.29 is 13.2 Å². The lowest BCUT2D eigenvalue weighted by atomic mass is 10.1. The molecule has 0 spiro atoms. The van der Waals surface area contributed by atoms with Gasteiger partial charge in [0.2, 0.25) is 5.95 Å². The molecule has 0 radical (unpaired) electrons. The van der Waals surface area contributed by atoms with Gasteiger partial charge in [0.15, 0.2) is 5.65 Å². The number of benzene rings is 1. The Bertz CT molecular complexity index is 1250. The molecule has 0 amide bonds. The molecule has 0 saturated heterocycles. The van der Waals surface area contributed by atoms with E-state index in [1.54, 1.807) is 13.0 Å². The van der Waals surface area contributed by atoms with Crippen LogP contribution in [0.4, 0.5) is 24.8 Å². The molecule has 1 saturated carbocycles. The van der Waals surface area contributed by atoms with E-state index in [-0.39, 0.29) is 35.7 Å². The summed E-state index contributed by atoms with van der Waals surface area (Å²) in [7, 11) is 0. The lowest BCUT2D eigenvalue weighted by Crippen LogP contribution is -2.26. The largest absolute Gasteiger partial charge is 0.368 e. The van der Waals surface area contributed by atoms with Crippen LogP contribution in [-0.4, -0.2) is 31.2 Å². The second kappa shape index (κ2) is 8.85. The number of nitrogens with two attached hydrogens (primary N) is 1. The summed E-state index contributed by atoms with van der Waals surface area (Å²) in [5.74, 6) is -3.48. The van der Waals surface area contributed by atoms with Crippen molar-refractivity contribution in [3.63, 3.8) is 0 Å². The zero-order valence-corrected chi connectivity index (χ0v) is 19.3. The van der Waals surface area contributed by atoms with E-state index in [9.17, 15) is 18.0 Å². The highest BCUT2D eigenvalue weighted by molar-refractivity contribution is 8.00. The van der Waals surface area contributed by atoms with E-state index in [1.807, 2.05) is 13.8 Å². The van der Waals surface area contributed by atoms with Gasteiger partial charge in [-0.25, -0.2) is 23.1 Å². The Morgan fingerprint density at radius 2 is 2.09 bits per heavy atom. The highest BCUT2D eigenvalue weighted by Crippen LogP contribution is 2.44. The third kappa shape index (κ3) is 4.64. The van der Waals surface area contributed by atoms with Crippen molar-refractivity contribution in [1.29, 1.82) is 0 Å². The van der Waals surface area contributed by atoms with Crippen LogP contribution in [0.2, 0.25) is 0 Å². The number of nitrogens with zero attached hydrogens (tertiary/aromatic N) is 4. The van der Waals surface area contributed by atoms with Crippen molar-refractivity contribution in [1.82, 2.24) is 19.5 Å². The number of halogens is 3. The number of anilines is 2. The van der Waals surface area contributed by atoms with Crippen LogP contribution in [0.25, 0.3) is 22.4 Å². The Balaban J connectivity index is 1.56. The van der Waals surface area contributed by atoms with E-state index < -0.39 is 23.2 Å². The van der Waals surface area contributed by atoms with E-state index in [1.165, 1.54) is 34.8 Å². The maximum absolute atomic E-state index is 14.8. The van der Waals surface area contributed by atoms with Gasteiger partial charge < -0.3 is 10.5 Å². The van der Waals surface area contributed by atoms with E-state index in [4.69, 9.17) is 5.73 Å². The highest BCUT2D eigenvalue weighted by atomic mass is 32.2. The number of aromatic nitrogens is 4. The van der Waals surface area contributed by atoms with Gasteiger partial charge in [0.1, 0.15) is 17.0 Å². The molecular weight excluding hydrogens is 453 g/mol. The smallest absolute Gasteiger partial charge is 0.278 e. The normalized spacial score (nSPS) is 20.0. The number of fused-ring (bicyclic) bond motifs is 1. The maximum Gasteiger partial charge on any atom is 0.278 e. The van der Waals surface area contributed by atoms with Gasteiger partial charge in [-0.3, -0.25) is 9.36 Å². The molecular formula is C22H25F3N6OS. The molecule has 1 aliphatic carbocycles. The number of nitrogens with one attached hydrogen (secondary N) is 1. The summed E-state index contributed by atoms with van der Waals surface area (Å²) < 4.78 is 46.6. The Kier molecular flexibility index (Phi) is 6.26. The molecule has 0 aliphatic heterocycles. The minimum Gasteiger partial charge on any atom is -0.368 e. The zero-order chi connectivity index (χ0) is 23.9. The van der Waals surface area contributed by atoms with Gasteiger partial charge >= 0.3 is 0 Å². The minimum atomic E-state index is -2.63. The fraction of sp³-hybridized carbons (Fsp3) is 0.455. The SMILES string of the molecule is CC(C)n1c(=O)c(-c2ccc(NSCC3CC(C)C(F)(F)C3)c(F)c2)nc2cnc(N)nc21. The molecule has 176 valence electrons. The van der Waals surface area contributed by atoms with Gasteiger partial charge in [-0.15, -0.1) is 0 Å². The van der Waals surface area contributed by atoms with Crippen molar-refractivity contribution >= 4 is 34.7 Å². The van der Waals surface area contributed by atoms with Crippen LogP contribution in [0, 0.1) is 17.7 Å². The van der Waals surface area contributed by atoms with Crippen LogP contribution in [0.5, 0.6) is 0 Å². The molecule has 2 unspecified atom stereocenters. The molecule has 11 heteroatoms. The van der Waals surface area contributed by atoms with Gasteiger partial charge in [0, 0.05) is 29.7 Å². The van der Waals surface area contributed by atoms with Gasteiger partial charge in [0.25, 0.3) is 11.5 Å². The molecule has 2 atom stereocenters. The number of hydrogen-bond acceptors (Lipinski definition) is 7. The second-order valence-corrected chi connectivity index (χ2v) is 9.57. The third-order valence-electron chi connectivity index (χ3n) is 5.88. The number of nitrogen functional groups attached to an aromatic ring is 1. The summed E-state index contributed by atoms with van der Waals surface area (Å²) in [5.41, 5.74) is 6.53. The van der Waals surface area contributed by atoms with Crippen LogP contribution >= 0.6 is 11.9 Å². The van der Waals surface area contributed by atoms with Gasteiger partial charge in [-0.1, -0.05) is 24.9 Å². The average Bonchev–Trinajstić information content (AvgIpc) is 2.99. The predicted octanol–water partition coefficient (Wildman–Crippen LogP) is 4.90. The first-order valence-electron chi connectivity index (χ1n) is 10.7. The van der Waals surface area contributed by atoms with Crippen LogP contribution in [0.3, 0.4) is 0 Å². The summed E-state index contributed by atoms with van der Waals surface area (Å²) in [5, 5.41) is 0. The van der Waals surface area contributed by atoms with Crippen molar-refractivity contribution in [2.75, 3.05) is 16.2 Å². The van der Waals surface area contributed by atoms with Gasteiger partial charge in [-0.05, 0) is 38.3 Å². The van der Waals surface area contributed by atoms with Crippen LogP contribution in [0.1, 0.15) is 39.7 Å². The fourth-order valence-electron chi connectivity index (χ4n) is 4.13. The standard InChI is InChI=1S/C22H25F3N6OS/c1-11(2)31-19-17(9-27-21(26)29-19)28-18(20(31)32)14-4-5-16(15(23)7-14)30-33-10-13-6-12(3)22(24,25)8-13/h4-5,7,9,11-13,30H,6,8,10H2,1-3H3,(H2,26,27,29). The van der Waals surface area contributed by atoms with Gasteiger partial charge in [-0.2, -0.15) is 4.98 Å². The Hall–Kier alpha value is -2.82. The van der Waals surface area contributed by atoms with Crippen LogP contribution < -0.4 is 16.0 Å². The topological polar surface area (TPSA) is 98.7 Å². The lowest BCUT2D eigenvalue weighted by Gasteiger charge is -2.15. The molecule has 3 aromatic rings. The quantitative estimate of drug-likeness (QED) is 0.486. The first-order chi connectivity index (χ1) is 15.6. The molecule has 1 aliphatic rings. The highest BCUT2D eigenvalue weighted by Gasteiger charge is 2.45. The Labute approximate surface area is 193 Å². The van der Waals surface area contributed by atoms with Crippen molar-refractivity contribution in [3.05, 3.63) is 40.6 Å². The van der Waals surface area contributed by atoms with E-state index >= 15 is 0 Å². The predicted molar refractivity (Wildman–Crippen MR) is 125 cm³/mol. The summed E-state index contributed by atoms with van der Waals surface area (Å²) in [6, 6.07) is 4.10. The molecule has 2 aromatic heterocycles. The van der Waals surface area contributed by atoms with Crippen LogP contribution in [-0.2, 0) is 0 Å². The first kappa shape index (κ1) is 23.3. The first-order valence-corrected chi connectivity index (χ1v) is 11.7. The second-order valence-electron chi connectivity index (χ2n) is 8.74. The lowest BCUT2D eigenvalue weighted by molar-refractivity contribution is -0.0317. The molecule has 0 bridgehead atoms. The molecule has 7 nitrogen and oxygen atoms in total. The summed E-state index contributed by atoms with van der Waals surface area (Å²) in [4.78, 5) is 25.6. The van der Waals surface area contributed by atoms with Gasteiger partial charge in [0.05, 0.1) is 11.9 Å². The Morgan fingerprint density at radius 1 is 1.33 bits per heavy atom. The molecule has 2 heterocycles. The van der Waals surface area contributed by atoms with Crippen molar-refractivity contribution in [2.45, 2.75) is 45.6 Å². The Morgan fingerprint density at radius 3 is 2.73 bits per heavy atom. The average molecular weight is 479 g/mol. The zero-order valence-electron chi connectivity index (χ0n) is 18.5. The number of rotatable bonds is 6. The summed E-state index contributed by atoms with van der Waals surface area (Å²) in [6.07, 6.45) is 1.74. The maximum atomic E-state index is 14.8. The minimum absolute atomic E-state index is 0.0283. The molecule has 4 rings (SSSR count). The van der Waals surface area contributed by atoms with E-state index in [2.05, 4.69) is 19.7 Å². The summed E-state index contributed by atoms with van der Waals surface area (Å²) >= 11 is 1.20. The summed E-state index contributed by atoms with van der Waals surface area (Å²) in [6.45, 7) is 5.22. The fourth-order valence-corrected chi connectivity index (χ4v) is 5.03. The molecule has 3 N–H and O–H groups in total. The molecule has 33 heavy (non-hydrogen) atoms. The monoisotopic (exact) mass is 478 g/mol. The molecule has 1 fully saturated rings. The molecule has 1 aromatic carbocycles. The van der Waals surface area contributed by atoms with Crippen molar-refractivity contribution in [2.24, 2.45) is 11.8 Å².